The molecule has 392 valence electrons. The Morgan fingerprint density at radius 2 is 0.397 bits per heavy atom. The van der Waals surface area contributed by atoms with Gasteiger partial charge in [0.1, 0.15) is 23.0 Å². The van der Waals surface area contributed by atoms with Crippen molar-refractivity contribution in [2.75, 3.05) is 26.4 Å². The third-order valence-electron chi connectivity index (χ3n) is 15.2. The van der Waals surface area contributed by atoms with E-state index >= 15 is 0 Å². The van der Waals surface area contributed by atoms with Crippen molar-refractivity contribution in [2.45, 2.75) is 89.9 Å². The molecule has 0 saturated carbocycles. The fourth-order valence-electron chi connectivity index (χ4n) is 11.4. The zero-order valence-electron chi connectivity index (χ0n) is 43.2. The van der Waals surface area contributed by atoms with Crippen LogP contribution in [0, 0.1) is 0 Å². The van der Waals surface area contributed by atoms with E-state index in [4.69, 9.17) is 18.9 Å². The second kappa shape index (κ2) is 22.5. The van der Waals surface area contributed by atoms with E-state index < -0.39 is 0 Å². The summed E-state index contributed by atoms with van der Waals surface area (Å²) in [4.78, 5) is 112. The minimum Gasteiger partial charge on any atom is -0.493 e. The first kappa shape index (κ1) is 51.5. The van der Waals surface area contributed by atoms with Crippen molar-refractivity contribution in [3.63, 3.8) is 0 Å². The minimum atomic E-state index is -0.295. The quantitative estimate of drug-likeness (QED) is 0.153. The van der Waals surface area contributed by atoms with Gasteiger partial charge in [-0.1, -0.05) is 72.8 Å². The van der Waals surface area contributed by atoms with E-state index in [0.717, 1.165) is 0 Å². The number of rotatable bonds is 0. The van der Waals surface area contributed by atoms with Gasteiger partial charge in [0.25, 0.3) is 0 Å². The lowest BCUT2D eigenvalue weighted by Gasteiger charge is -2.23. The Bertz CT molecular complexity index is 2910. The highest BCUT2D eigenvalue weighted by atomic mass is 16.5. The Labute approximate surface area is 451 Å². The van der Waals surface area contributed by atoms with Crippen molar-refractivity contribution in [1.82, 2.24) is 0 Å². The van der Waals surface area contributed by atoms with Gasteiger partial charge in [-0.15, -0.1) is 0 Å². The van der Waals surface area contributed by atoms with E-state index in [1.54, 1.807) is 0 Å². The van der Waals surface area contributed by atoms with Crippen LogP contribution in [0.3, 0.4) is 0 Å². The number of benzene rings is 4. The van der Waals surface area contributed by atoms with Crippen LogP contribution in [0.4, 0.5) is 0 Å². The largest absolute Gasteiger partial charge is 0.493 e. The summed E-state index contributed by atoms with van der Waals surface area (Å²) in [5, 5.41) is 0. The van der Waals surface area contributed by atoms with E-state index in [-0.39, 0.29) is 124 Å². The summed E-state index contributed by atoms with van der Waals surface area (Å²) < 4.78 is 26.5. The van der Waals surface area contributed by atoms with Gasteiger partial charge in [-0.05, 0) is 132 Å². The first-order valence-corrected chi connectivity index (χ1v) is 26.9. The summed E-state index contributed by atoms with van der Waals surface area (Å²) in [6, 6.07) is 22.1. The summed E-state index contributed by atoms with van der Waals surface area (Å²) >= 11 is 0. The van der Waals surface area contributed by atoms with Crippen LogP contribution in [0.5, 0.6) is 23.0 Å². The van der Waals surface area contributed by atoms with Crippen LogP contribution < -0.4 is 18.9 Å². The van der Waals surface area contributed by atoms with E-state index in [1.807, 2.05) is 72.8 Å². The predicted octanol–water partition coefficient (Wildman–Crippen LogP) is 9.04. The van der Waals surface area contributed by atoms with Gasteiger partial charge in [-0.2, -0.15) is 0 Å². The fourth-order valence-corrected chi connectivity index (χ4v) is 11.4. The number of carbonyl (C=O) groups excluding carboxylic acids is 8. The lowest BCUT2D eigenvalue weighted by molar-refractivity contribution is -0.115. The van der Waals surface area contributed by atoms with Crippen molar-refractivity contribution in [2.24, 2.45) is 0 Å². The number of hydrogen-bond acceptors (Lipinski definition) is 12. The van der Waals surface area contributed by atoms with Crippen LogP contribution in [0.2, 0.25) is 0 Å². The standard InChI is InChI=1S/C66H56O12/c67-55-31-47-23-39-11-7-12-40-24-48-32-56(68)36-52(60(48)72)28-44-16-9-15-43(27-51(35-55)59(47)71)65(44)77-21-5-2-6-22-78-66-45-17-10-18-46(66)30-54-38-58(70)34-50(62(54)74)26-42-14-8-13-41(25-49-33-57(69)37-53(29-45)61(49)73)64(42)76-20-4-1-3-19-75-63(39)40/h7-18,31-38H,1-6,19-30H2. The summed E-state index contributed by atoms with van der Waals surface area (Å²) in [5.74, 6) is -0.308. The highest BCUT2D eigenvalue weighted by Crippen LogP contribution is 2.38. The topological polar surface area (TPSA) is 173 Å². The smallest absolute Gasteiger partial charge is 0.185 e. The molecular formula is C66H56O12. The number of fused-ring (bicyclic) bond motifs is 14. The normalized spacial score (nSPS) is 19.6. The average molecular weight is 1040 g/mol. The summed E-state index contributed by atoms with van der Waals surface area (Å²) in [6.45, 7) is 0.980. The molecule has 20 bridgehead atoms. The van der Waals surface area contributed by atoms with E-state index in [0.29, 0.717) is 151 Å². The van der Waals surface area contributed by atoms with Crippen LogP contribution in [0.25, 0.3) is 0 Å². The van der Waals surface area contributed by atoms with Crippen LogP contribution >= 0.6 is 0 Å². The molecule has 12 nitrogen and oxygen atoms in total. The molecule has 0 amide bonds. The molecule has 12 rings (SSSR count). The number of allylic oxidation sites excluding steroid dienone is 16. The molecule has 2 heterocycles. The Kier molecular flexibility index (Phi) is 14.9. The highest BCUT2D eigenvalue weighted by Gasteiger charge is 2.32. The lowest BCUT2D eigenvalue weighted by Crippen LogP contribution is -2.20. The van der Waals surface area contributed by atoms with Crippen molar-refractivity contribution in [1.29, 1.82) is 0 Å². The van der Waals surface area contributed by atoms with Crippen molar-refractivity contribution in [3.05, 3.63) is 210 Å². The van der Waals surface area contributed by atoms with Crippen LogP contribution in [0.15, 0.2) is 166 Å². The molecule has 2 aliphatic heterocycles. The maximum absolute atomic E-state index is 14.4. The first-order chi connectivity index (χ1) is 37.9. The van der Waals surface area contributed by atoms with Gasteiger partial charge in [0.05, 0.1) is 26.4 Å². The molecule has 0 aromatic heterocycles. The number of para-hydroxylation sites is 4. The van der Waals surface area contributed by atoms with Crippen molar-refractivity contribution in [3.8, 4) is 23.0 Å². The Morgan fingerprint density at radius 3 is 0.564 bits per heavy atom. The molecule has 0 N–H and O–H groups in total. The number of carbonyl (C=O) groups is 8. The number of ether oxygens (including phenoxy) is 4. The SMILES string of the molecule is O=C1C=C2Cc3cccc4c3OCCCCCOc3c5cccc3CC3=CC(=O)C=C(Cc6cccc(c6OCCCCCOc6c(cccc6CC6=CC(=O)C=C(C4)C6=O)CC(=C1)C2=O)CC1=CC(=O)C=C(C5)C1=O)C3=O. The zero-order chi connectivity index (χ0) is 53.9. The second-order valence-corrected chi connectivity index (χ2v) is 20.8. The molecule has 0 saturated heterocycles. The van der Waals surface area contributed by atoms with Gasteiger partial charge in [0.15, 0.2) is 46.3 Å². The third kappa shape index (κ3) is 11.1. The minimum absolute atomic E-state index is 0.0836. The highest BCUT2D eigenvalue weighted by molar-refractivity contribution is 6.23. The summed E-state index contributed by atoms with van der Waals surface area (Å²) in [7, 11) is 0. The number of hydrogen-bond donors (Lipinski definition) is 0. The molecule has 0 atom stereocenters. The van der Waals surface area contributed by atoms with Gasteiger partial charge in [-0.25, -0.2) is 0 Å². The Balaban J connectivity index is 0.966. The molecule has 0 radical (unpaired) electrons. The fraction of sp³-hybridized carbons (Fsp3) is 0.273. The molecule has 4 aromatic carbocycles. The monoisotopic (exact) mass is 1040 g/mol. The van der Waals surface area contributed by atoms with Crippen LogP contribution in [0.1, 0.15) is 83.0 Å². The maximum atomic E-state index is 14.4. The van der Waals surface area contributed by atoms with Gasteiger partial charge in [0.2, 0.25) is 0 Å². The van der Waals surface area contributed by atoms with Crippen molar-refractivity contribution >= 4 is 46.3 Å². The molecule has 0 fully saturated rings. The Hall–Kier alpha value is -8.64. The average Bonchev–Trinajstić information content (AvgIpc) is 3.49. The maximum Gasteiger partial charge on any atom is 0.185 e. The van der Waals surface area contributed by atoms with Gasteiger partial charge in [0, 0.05) is 96.0 Å². The van der Waals surface area contributed by atoms with E-state index in [2.05, 4.69) is 0 Å². The van der Waals surface area contributed by atoms with Gasteiger partial charge in [-0.3, -0.25) is 38.4 Å². The number of Topliss-reactive ketones (excluding diaryl/α,β-unsaturated/α-hetero) is 4. The molecule has 12 heteroatoms. The summed E-state index contributed by atoms with van der Waals surface area (Å²) in [5.41, 5.74) is 7.67. The molecule has 0 spiro atoms. The summed E-state index contributed by atoms with van der Waals surface area (Å²) in [6.07, 6.45) is 15.3. The van der Waals surface area contributed by atoms with Crippen LogP contribution in [-0.2, 0) is 89.7 Å². The lowest BCUT2D eigenvalue weighted by atomic mass is 9.84. The first-order valence-electron chi connectivity index (χ1n) is 26.9. The molecule has 6 aliphatic carbocycles. The van der Waals surface area contributed by atoms with Crippen LogP contribution in [-0.4, -0.2) is 72.7 Å². The Morgan fingerprint density at radius 1 is 0.231 bits per heavy atom. The molecule has 4 aromatic rings. The third-order valence-corrected chi connectivity index (χ3v) is 15.2. The number of ketones is 8. The molecule has 78 heavy (non-hydrogen) atoms. The molecule has 8 aliphatic rings. The van der Waals surface area contributed by atoms with E-state index in [9.17, 15) is 38.4 Å². The molecular weight excluding hydrogens is 985 g/mol. The predicted molar refractivity (Wildman–Crippen MR) is 290 cm³/mol. The van der Waals surface area contributed by atoms with Gasteiger partial charge >= 0.3 is 0 Å². The van der Waals surface area contributed by atoms with E-state index in [1.165, 1.54) is 48.6 Å². The van der Waals surface area contributed by atoms with Crippen molar-refractivity contribution < 1.29 is 57.3 Å². The molecule has 0 unspecified atom stereocenters. The van der Waals surface area contributed by atoms with Gasteiger partial charge < -0.3 is 18.9 Å². The zero-order valence-corrected chi connectivity index (χ0v) is 43.2. The second-order valence-electron chi connectivity index (χ2n) is 20.8.